The normalized spacial score (nSPS) is 9.64. The highest BCUT2D eigenvalue weighted by molar-refractivity contribution is 5.65. The molecule has 0 aliphatic carbocycles. The largest absolute Gasteiger partial charge is 0.379 e. The van der Waals surface area contributed by atoms with Crippen molar-refractivity contribution in [3.05, 3.63) is 0 Å². The van der Waals surface area contributed by atoms with Crippen molar-refractivity contribution in [1.82, 2.24) is 0 Å². The lowest BCUT2D eigenvalue weighted by atomic mass is 10.5. The minimum absolute atomic E-state index is 0.291. The van der Waals surface area contributed by atoms with Crippen LogP contribution in [-0.2, 0) is 19.3 Å². The van der Waals surface area contributed by atoms with E-state index in [1.165, 1.54) is 6.92 Å². The van der Waals surface area contributed by atoms with Gasteiger partial charge in [-0.3, -0.25) is 4.89 Å². The molecule has 0 N–H and O–H groups in total. The molecule has 0 saturated heterocycles. The zero-order valence-electron chi connectivity index (χ0n) is 6.96. The van der Waals surface area contributed by atoms with Crippen LogP contribution in [0, 0.1) is 0 Å². The fraction of sp³-hybridized carbons (Fsp3) is 0.857. The highest BCUT2D eigenvalue weighted by atomic mass is 17.2. The molecule has 0 aromatic heterocycles. The van der Waals surface area contributed by atoms with E-state index in [4.69, 9.17) is 4.74 Å². The topological polar surface area (TPSA) is 44.8 Å². The first-order valence-corrected chi connectivity index (χ1v) is 3.65. The number of hydrogen-bond donors (Lipinski definition) is 0. The number of carbonyl (C=O) groups excluding carboxylic acids is 1. The average Bonchev–Trinajstić information content (AvgIpc) is 1.96. The quantitative estimate of drug-likeness (QED) is 0.331. The van der Waals surface area contributed by atoms with Crippen molar-refractivity contribution in [2.45, 2.75) is 20.3 Å². The Morgan fingerprint density at radius 3 is 2.55 bits per heavy atom. The summed E-state index contributed by atoms with van der Waals surface area (Å²) in [6.07, 6.45) is 0.980. The molecule has 66 valence electrons. The Bertz CT molecular complexity index is 103. The van der Waals surface area contributed by atoms with Gasteiger partial charge in [-0.15, -0.1) is 0 Å². The molecule has 0 rings (SSSR count). The molecule has 0 aliphatic heterocycles. The summed E-state index contributed by atoms with van der Waals surface area (Å²) in [5.41, 5.74) is 0. The minimum atomic E-state index is -0.444. The second-order valence-corrected chi connectivity index (χ2v) is 2.01. The van der Waals surface area contributed by atoms with Gasteiger partial charge in [0.25, 0.3) is 0 Å². The fourth-order valence-corrected chi connectivity index (χ4v) is 0.464. The molecule has 0 unspecified atom stereocenters. The second kappa shape index (κ2) is 7.50. The van der Waals surface area contributed by atoms with Gasteiger partial charge in [-0.2, -0.15) is 4.89 Å². The van der Waals surface area contributed by atoms with E-state index in [0.717, 1.165) is 6.42 Å². The third kappa shape index (κ3) is 9.39. The molecule has 0 radical (unpaired) electrons. The van der Waals surface area contributed by atoms with Crippen LogP contribution in [0.5, 0.6) is 0 Å². The molecule has 0 aromatic carbocycles. The van der Waals surface area contributed by atoms with Crippen LogP contribution >= 0.6 is 0 Å². The molecule has 4 nitrogen and oxygen atoms in total. The van der Waals surface area contributed by atoms with Gasteiger partial charge >= 0.3 is 5.97 Å². The van der Waals surface area contributed by atoms with Gasteiger partial charge in [0, 0.05) is 13.5 Å². The summed E-state index contributed by atoms with van der Waals surface area (Å²) in [7, 11) is 0. The van der Waals surface area contributed by atoms with Crippen molar-refractivity contribution in [2.75, 3.05) is 19.8 Å². The lowest BCUT2D eigenvalue weighted by Crippen LogP contribution is -2.07. The monoisotopic (exact) mass is 162 g/mol. The zero-order valence-corrected chi connectivity index (χ0v) is 6.96. The molecule has 0 atom stereocenters. The van der Waals surface area contributed by atoms with Crippen LogP contribution < -0.4 is 0 Å². The molecule has 0 aliphatic rings. The van der Waals surface area contributed by atoms with Crippen molar-refractivity contribution in [3.8, 4) is 0 Å². The molecular weight excluding hydrogens is 148 g/mol. The molecule has 0 fully saturated rings. The molecule has 4 heteroatoms. The van der Waals surface area contributed by atoms with Gasteiger partial charge in [0.1, 0.15) is 6.61 Å². The number of carbonyl (C=O) groups is 1. The van der Waals surface area contributed by atoms with Gasteiger partial charge in [-0.1, -0.05) is 6.92 Å². The van der Waals surface area contributed by atoms with E-state index in [0.29, 0.717) is 19.8 Å². The van der Waals surface area contributed by atoms with Gasteiger partial charge in [0.2, 0.25) is 0 Å². The summed E-state index contributed by atoms with van der Waals surface area (Å²) < 4.78 is 5.05. The second-order valence-electron chi connectivity index (χ2n) is 2.01. The van der Waals surface area contributed by atoms with Crippen LogP contribution in [0.1, 0.15) is 20.3 Å². The Hall–Kier alpha value is -0.610. The van der Waals surface area contributed by atoms with Gasteiger partial charge in [0.05, 0.1) is 6.61 Å². The first-order valence-electron chi connectivity index (χ1n) is 3.65. The first-order chi connectivity index (χ1) is 5.27. The molecule has 0 heterocycles. The van der Waals surface area contributed by atoms with Crippen LogP contribution in [0.4, 0.5) is 0 Å². The predicted molar refractivity (Wildman–Crippen MR) is 38.8 cm³/mol. The van der Waals surface area contributed by atoms with E-state index >= 15 is 0 Å². The molecule has 0 bridgehead atoms. The highest BCUT2D eigenvalue weighted by Gasteiger charge is 1.92. The SMILES string of the molecule is CCCOCCOOC(C)=O. The summed E-state index contributed by atoms with van der Waals surface area (Å²) in [6.45, 7) is 4.77. The molecule has 0 amide bonds. The van der Waals surface area contributed by atoms with E-state index in [1.807, 2.05) is 6.92 Å². The van der Waals surface area contributed by atoms with E-state index in [-0.39, 0.29) is 0 Å². The fourth-order valence-electron chi connectivity index (χ4n) is 0.464. The first kappa shape index (κ1) is 10.4. The summed E-state index contributed by atoms with van der Waals surface area (Å²) in [4.78, 5) is 18.8. The molecule has 11 heavy (non-hydrogen) atoms. The van der Waals surface area contributed by atoms with Crippen LogP contribution in [-0.4, -0.2) is 25.8 Å². The van der Waals surface area contributed by atoms with Gasteiger partial charge in [-0.05, 0) is 6.42 Å². The predicted octanol–water partition coefficient (Wildman–Crippen LogP) is 0.908. The van der Waals surface area contributed by atoms with E-state index in [1.54, 1.807) is 0 Å². The highest BCUT2D eigenvalue weighted by Crippen LogP contribution is 1.83. The maximum absolute atomic E-state index is 10.1. The van der Waals surface area contributed by atoms with Crippen molar-refractivity contribution in [3.63, 3.8) is 0 Å². The van der Waals surface area contributed by atoms with E-state index in [2.05, 4.69) is 9.78 Å². The van der Waals surface area contributed by atoms with Crippen molar-refractivity contribution in [2.24, 2.45) is 0 Å². The minimum Gasteiger partial charge on any atom is -0.379 e. The number of hydrogen-bond acceptors (Lipinski definition) is 4. The van der Waals surface area contributed by atoms with Crippen molar-refractivity contribution in [1.29, 1.82) is 0 Å². The number of rotatable bonds is 6. The molecule has 0 aromatic rings. The van der Waals surface area contributed by atoms with Crippen LogP contribution in [0.3, 0.4) is 0 Å². The van der Waals surface area contributed by atoms with E-state index < -0.39 is 5.97 Å². The van der Waals surface area contributed by atoms with Crippen LogP contribution in [0.25, 0.3) is 0 Å². The standard InChI is InChI=1S/C7H14O4/c1-3-4-9-5-6-10-11-7(2)8/h3-6H2,1-2H3. The Kier molecular flexibility index (Phi) is 7.08. The lowest BCUT2D eigenvalue weighted by Gasteiger charge is -2.01. The maximum Gasteiger partial charge on any atom is 0.339 e. The molecular formula is C7H14O4. The lowest BCUT2D eigenvalue weighted by molar-refractivity contribution is -0.274. The van der Waals surface area contributed by atoms with E-state index in [9.17, 15) is 4.79 Å². The Morgan fingerprint density at radius 1 is 1.27 bits per heavy atom. The molecule has 0 saturated carbocycles. The van der Waals surface area contributed by atoms with Gasteiger partial charge < -0.3 is 4.74 Å². The van der Waals surface area contributed by atoms with Crippen molar-refractivity contribution >= 4 is 5.97 Å². The Labute approximate surface area is 66.4 Å². The smallest absolute Gasteiger partial charge is 0.339 e. The van der Waals surface area contributed by atoms with Crippen LogP contribution in [0.2, 0.25) is 0 Å². The molecule has 0 spiro atoms. The third-order valence-electron chi connectivity index (χ3n) is 0.836. The average molecular weight is 162 g/mol. The summed E-state index contributed by atoms with van der Waals surface area (Å²) in [6, 6.07) is 0. The maximum atomic E-state index is 10.1. The van der Waals surface area contributed by atoms with Crippen LogP contribution in [0.15, 0.2) is 0 Å². The third-order valence-corrected chi connectivity index (χ3v) is 0.836. The van der Waals surface area contributed by atoms with Crippen molar-refractivity contribution < 1.29 is 19.3 Å². The summed E-state index contributed by atoms with van der Waals surface area (Å²) >= 11 is 0. The number of ether oxygens (including phenoxy) is 1. The Balaban J connectivity index is 2.85. The van der Waals surface area contributed by atoms with Gasteiger partial charge in [0.15, 0.2) is 0 Å². The summed E-state index contributed by atoms with van der Waals surface area (Å²) in [5.74, 6) is -0.444. The summed E-state index contributed by atoms with van der Waals surface area (Å²) in [5, 5.41) is 0. The zero-order chi connectivity index (χ0) is 8.53. The Morgan fingerprint density at radius 2 is 2.00 bits per heavy atom. The van der Waals surface area contributed by atoms with Gasteiger partial charge in [-0.25, -0.2) is 4.79 Å².